The Morgan fingerprint density at radius 2 is 2.20 bits per heavy atom. The molecule has 0 spiro atoms. The van der Waals surface area contributed by atoms with Crippen LogP contribution in [0.2, 0.25) is 0 Å². The van der Waals surface area contributed by atoms with Crippen LogP contribution < -0.4 is 10.2 Å². The Morgan fingerprint density at radius 3 is 2.95 bits per heavy atom. The van der Waals surface area contributed by atoms with Crippen molar-refractivity contribution in [3.8, 4) is 0 Å². The summed E-state index contributed by atoms with van der Waals surface area (Å²) < 4.78 is 0. The number of guanidine groups is 1. The van der Waals surface area contributed by atoms with Crippen LogP contribution in [0.15, 0.2) is 46.1 Å². The SMILES string of the molecule is CN=C(NCc1ccsc1)N1CCc2ccccc21.I. The van der Waals surface area contributed by atoms with E-state index < -0.39 is 0 Å². The van der Waals surface area contributed by atoms with E-state index in [0.717, 1.165) is 25.5 Å². The van der Waals surface area contributed by atoms with Crippen LogP contribution in [0, 0.1) is 0 Å². The summed E-state index contributed by atoms with van der Waals surface area (Å²) in [5.41, 5.74) is 3.99. The first-order valence-electron chi connectivity index (χ1n) is 6.45. The number of nitrogens with zero attached hydrogens (tertiary/aromatic N) is 2. The average Bonchev–Trinajstić information content (AvgIpc) is 3.09. The van der Waals surface area contributed by atoms with Crippen molar-refractivity contribution in [2.45, 2.75) is 13.0 Å². The van der Waals surface area contributed by atoms with E-state index in [1.165, 1.54) is 16.8 Å². The topological polar surface area (TPSA) is 27.6 Å². The van der Waals surface area contributed by atoms with Gasteiger partial charge >= 0.3 is 0 Å². The van der Waals surface area contributed by atoms with Crippen molar-refractivity contribution in [2.24, 2.45) is 4.99 Å². The Bertz CT molecular complexity index is 581. The van der Waals surface area contributed by atoms with Crippen LogP contribution in [0.25, 0.3) is 0 Å². The fraction of sp³-hybridized carbons (Fsp3) is 0.267. The Labute approximate surface area is 140 Å². The maximum atomic E-state index is 4.40. The summed E-state index contributed by atoms with van der Waals surface area (Å²) in [6, 6.07) is 10.7. The molecule has 0 bridgehead atoms. The predicted octanol–water partition coefficient (Wildman–Crippen LogP) is 3.50. The number of fused-ring (bicyclic) bond motifs is 1. The lowest BCUT2D eigenvalue weighted by molar-refractivity contribution is 0.870. The second-order valence-corrected chi connectivity index (χ2v) is 5.34. The van der Waals surface area contributed by atoms with E-state index in [9.17, 15) is 0 Å². The van der Waals surface area contributed by atoms with Gasteiger partial charge in [-0.15, -0.1) is 24.0 Å². The van der Waals surface area contributed by atoms with Gasteiger partial charge in [-0.3, -0.25) is 4.99 Å². The fourth-order valence-electron chi connectivity index (χ4n) is 2.43. The van der Waals surface area contributed by atoms with Gasteiger partial charge in [-0.25, -0.2) is 0 Å². The third-order valence-electron chi connectivity index (χ3n) is 3.39. The third-order valence-corrected chi connectivity index (χ3v) is 4.12. The molecular weight excluding hydrogens is 381 g/mol. The number of para-hydroxylation sites is 1. The molecule has 0 atom stereocenters. The normalized spacial score (nSPS) is 13.8. The molecule has 20 heavy (non-hydrogen) atoms. The van der Waals surface area contributed by atoms with Gasteiger partial charge in [0.1, 0.15) is 0 Å². The van der Waals surface area contributed by atoms with Crippen LogP contribution in [0.4, 0.5) is 5.69 Å². The van der Waals surface area contributed by atoms with Gasteiger partial charge in [-0.2, -0.15) is 11.3 Å². The molecule has 1 aromatic carbocycles. The second-order valence-electron chi connectivity index (χ2n) is 4.56. The molecule has 3 nitrogen and oxygen atoms in total. The minimum atomic E-state index is 0. The van der Waals surface area contributed by atoms with Crippen molar-refractivity contribution in [3.63, 3.8) is 0 Å². The number of hydrogen-bond donors (Lipinski definition) is 1. The first-order valence-corrected chi connectivity index (χ1v) is 7.40. The molecule has 0 saturated heterocycles. The van der Waals surface area contributed by atoms with E-state index in [1.54, 1.807) is 11.3 Å². The quantitative estimate of drug-likeness (QED) is 0.476. The van der Waals surface area contributed by atoms with Crippen LogP contribution in [0.5, 0.6) is 0 Å². The van der Waals surface area contributed by atoms with Crippen molar-refractivity contribution in [2.75, 3.05) is 18.5 Å². The molecule has 0 radical (unpaired) electrons. The van der Waals surface area contributed by atoms with Crippen molar-refractivity contribution < 1.29 is 0 Å². The van der Waals surface area contributed by atoms with Gasteiger partial charge in [0.2, 0.25) is 0 Å². The lowest BCUT2D eigenvalue weighted by Gasteiger charge is -2.22. The summed E-state index contributed by atoms with van der Waals surface area (Å²) in [6.45, 7) is 1.83. The molecule has 3 rings (SSSR count). The number of halogens is 1. The largest absolute Gasteiger partial charge is 0.352 e. The van der Waals surface area contributed by atoms with Crippen LogP contribution in [-0.4, -0.2) is 19.6 Å². The summed E-state index contributed by atoms with van der Waals surface area (Å²) in [4.78, 5) is 6.67. The zero-order chi connectivity index (χ0) is 13.1. The number of rotatable bonds is 2. The van der Waals surface area contributed by atoms with Gasteiger partial charge in [0.25, 0.3) is 0 Å². The molecular formula is C15H18IN3S. The average molecular weight is 399 g/mol. The van der Waals surface area contributed by atoms with Gasteiger partial charge in [-0.1, -0.05) is 18.2 Å². The molecule has 1 aromatic heterocycles. The van der Waals surface area contributed by atoms with Crippen molar-refractivity contribution >= 4 is 47.0 Å². The van der Waals surface area contributed by atoms with Gasteiger partial charge in [0.05, 0.1) is 0 Å². The molecule has 0 saturated carbocycles. The standard InChI is InChI=1S/C15H17N3S.HI/c1-16-15(17-10-12-7-9-19-11-12)18-8-6-13-4-2-3-5-14(13)18;/h2-5,7,9,11H,6,8,10H2,1H3,(H,16,17);1H. The first kappa shape index (κ1) is 15.3. The highest BCUT2D eigenvalue weighted by atomic mass is 127. The van der Waals surface area contributed by atoms with Gasteiger partial charge in [-0.05, 0) is 40.4 Å². The zero-order valence-electron chi connectivity index (χ0n) is 11.4. The molecule has 0 fully saturated rings. The smallest absolute Gasteiger partial charge is 0.198 e. The summed E-state index contributed by atoms with van der Waals surface area (Å²) in [7, 11) is 1.84. The summed E-state index contributed by atoms with van der Waals surface area (Å²) in [5, 5.41) is 7.70. The molecule has 1 N–H and O–H groups in total. The van der Waals surface area contributed by atoms with Gasteiger partial charge < -0.3 is 10.2 Å². The minimum Gasteiger partial charge on any atom is -0.352 e. The maximum absolute atomic E-state index is 4.40. The van der Waals surface area contributed by atoms with Crippen molar-refractivity contribution in [3.05, 3.63) is 52.2 Å². The van der Waals surface area contributed by atoms with Crippen LogP contribution >= 0.6 is 35.3 Å². The van der Waals surface area contributed by atoms with Crippen molar-refractivity contribution in [1.82, 2.24) is 5.32 Å². The van der Waals surface area contributed by atoms with Gasteiger partial charge in [0, 0.05) is 25.8 Å². The number of anilines is 1. The van der Waals surface area contributed by atoms with E-state index >= 15 is 0 Å². The van der Waals surface area contributed by atoms with Crippen LogP contribution in [-0.2, 0) is 13.0 Å². The Balaban J connectivity index is 0.00000147. The van der Waals surface area contributed by atoms with E-state index in [2.05, 4.69) is 56.3 Å². The predicted molar refractivity (Wildman–Crippen MR) is 97.4 cm³/mol. The Hall–Kier alpha value is -1.08. The van der Waals surface area contributed by atoms with E-state index in [4.69, 9.17) is 0 Å². The maximum Gasteiger partial charge on any atom is 0.198 e. The van der Waals surface area contributed by atoms with Crippen LogP contribution in [0.1, 0.15) is 11.1 Å². The summed E-state index contributed by atoms with van der Waals surface area (Å²) in [5.74, 6) is 0.955. The number of hydrogen-bond acceptors (Lipinski definition) is 2. The third kappa shape index (κ3) is 3.15. The van der Waals surface area contributed by atoms with Crippen LogP contribution in [0.3, 0.4) is 0 Å². The number of aliphatic imine (C=N–C) groups is 1. The summed E-state index contributed by atoms with van der Waals surface area (Å²) in [6.07, 6.45) is 1.09. The minimum absolute atomic E-state index is 0. The second kappa shape index (κ2) is 7.08. The van der Waals surface area contributed by atoms with E-state index in [1.807, 2.05) is 7.05 Å². The van der Waals surface area contributed by atoms with Crippen molar-refractivity contribution in [1.29, 1.82) is 0 Å². The molecule has 0 amide bonds. The monoisotopic (exact) mass is 399 g/mol. The Kier molecular flexibility index (Phi) is 5.42. The van der Waals surface area contributed by atoms with E-state index in [-0.39, 0.29) is 24.0 Å². The number of benzene rings is 1. The zero-order valence-corrected chi connectivity index (χ0v) is 14.5. The highest BCUT2D eigenvalue weighted by Gasteiger charge is 2.22. The number of thiophene rings is 1. The number of nitrogens with one attached hydrogen (secondary N) is 1. The molecule has 1 aliphatic rings. The highest BCUT2D eigenvalue weighted by Crippen LogP contribution is 2.27. The lowest BCUT2D eigenvalue weighted by Crippen LogP contribution is -2.40. The molecule has 0 aliphatic carbocycles. The molecule has 2 heterocycles. The van der Waals surface area contributed by atoms with Gasteiger partial charge in [0.15, 0.2) is 5.96 Å². The summed E-state index contributed by atoms with van der Waals surface area (Å²) >= 11 is 1.73. The Morgan fingerprint density at radius 1 is 1.35 bits per heavy atom. The molecule has 1 aliphatic heterocycles. The lowest BCUT2D eigenvalue weighted by atomic mass is 10.2. The highest BCUT2D eigenvalue weighted by molar-refractivity contribution is 14.0. The molecule has 0 unspecified atom stereocenters. The molecule has 106 valence electrons. The molecule has 2 aromatic rings. The van der Waals surface area contributed by atoms with E-state index in [0.29, 0.717) is 0 Å². The first-order chi connectivity index (χ1) is 9.38. The molecule has 5 heteroatoms. The fourth-order valence-corrected chi connectivity index (χ4v) is 3.10.